The van der Waals surface area contributed by atoms with Crippen LogP contribution in [0.2, 0.25) is 0 Å². The van der Waals surface area contributed by atoms with Crippen molar-refractivity contribution in [2.75, 3.05) is 13.1 Å². The molecular formula is C26H29FN4O8S. The average molecular weight is 577 g/mol. The Hall–Kier alpha value is -3.91. The predicted molar refractivity (Wildman–Crippen MR) is 139 cm³/mol. The number of non-ortho nitro benzene ring substituents is 1. The molecule has 12 nitrogen and oxygen atoms in total. The van der Waals surface area contributed by atoms with Crippen molar-refractivity contribution in [2.45, 2.75) is 55.6 Å². The van der Waals surface area contributed by atoms with Gasteiger partial charge in [0.15, 0.2) is 6.17 Å². The fraction of sp³-hybridized carbons (Fsp3) is 0.423. The largest absolute Gasteiger partial charge is 0.481 e. The highest BCUT2D eigenvalue weighted by molar-refractivity contribution is 7.89. The van der Waals surface area contributed by atoms with Gasteiger partial charge in [-0.25, -0.2) is 12.8 Å². The predicted octanol–water partition coefficient (Wildman–Crippen LogP) is 2.75. The standard InChI is InChI=1S/C26H29FN4O8S/c27-19-8-12-21(13-9-19)40(38,39)30-15-14-29(26(35)18-6-10-20(11-7-18)31(36)37)25(30)24(34)28-22(16-23(32)33)17-4-2-1-3-5-17/h6-13,17,22,25H,1-5,14-16H2,(H,28,34)(H,32,33). The molecule has 1 aliphatic carbocycles. The molecule has 1 heterocycles. The summed E-state index contributed by atoms with van der Waals surface area (Å²) in [5.74, 6) is -3.52. The van der Waals surface area contributed by atoms with Gasteiger partial charge in [0.1, 0.15) is 5.82 Å². The van der Waals surface area contributed by atoms with E-state index in [9.17, 15) is 42.4 Å². The number of carbonyl (C=O) groups is 3. The summed E-state index contributed by atoms with van der Waals surface area (Å²) in [6, 6.07) is 7.91. The number of hydrogen-bond acceptors (Lipinski definition) is 7. The Morgan fingerprint density at radius 3 is 2.23 bits per heavy atom. The van der Waals surface area contributed by atoms with Crippen LogP contribution in [0.15, 0.2) is 53.4 Å². The maximum atomic E-state index is 13.8. The third kappa shape index (κ3) is 6.28. The van der Waals surface area contributed by atoms with Gasteiger partial charge in [-0.1, -0.05) is 19.3 Å². The zero-order valence-electron chi connectivity index (χ0n) is 21.4. The zero-order valence-corrected chi connectivity index (χ0v) is 22.3. The molecule has 0 aromatic heterocycles. The third-order valence-corrected chi connectivity index (χ3v) is 9.18. The number of sulfonamides is 1. The minimum Gasteiger partial charge on any atom is -0.481 e. The number of nitrogens with one attached hydrogen (secondary N) is 1. The molecule has 1 saturated carbocycles. The fourth-order valence-electron chi connectivity index (χ4n) is 5.29. The SMILES string of the molecule is O=C(O)CC(NC(=O)C1N(C(=O)c2ccc([N+](=O)[O-])cc2)CCN1S(=O)(=O)c1ccc(F)cc1)C1CCCCC1. The Bertz CT molecular complexity index is 1380. The first-order chi connectivity index (χ1) is 19.0. The van der Waals surface area contributed by atoms with Gasteiger partial charge in [0.25, 0.3) is 17.5 Å². The van der Waals surface area contributed by atoms with Crippen molar-refractivity contribution in [1.82, 2.24) is 14.5 Å². The topological polar surface area (TPSA) is 167 Å². The molecule has 0 spiro atoms. The molecule has 2 N–H and O–H groups in total. The van der Waals surface area contributed by atoms with Gasteiger partial charge in [-0.3, -0.25) is 24.5 Å². The Morgan fingerprint density at radius 2 is 1.65 bits per heavy atom. The number of carboxylic acids is 1. The number of aliphatic carboxylic acids is 1. The first-order valence-corrected chi connectivity index (χ1v) is 14.3. The van der Waals surface area contributed by atoms with Crippen LogP contribution >= 0.6 is 0 Å². The van der Waals surface area contributed by atoms with Crippen molar-refractivity contribution in [3.8, 4) is 0 Å². The highest BCUT2D eigenvalue weighted by atomic mass is 32.2. The molecule has 2 unspecified atom stereocenters. The smallest absolute Gasteiger partial charge is 0.305 e. The Kier molecular flexibility index (Phi) is 8.79. The van der Waals surface area contributed by atoms with E-state index in [1.807, 2.05) is 0 Å². The molecule has 4 rings (SSSR count). The number of carboxylic acid groups (broad SMARTS) is 1. The lowest BCUT2D eigenvalue weighted by Crippen LogP contribution is -2.56. The Morgan fingerprint density at radius 1 is 1.02 bits per heavy atom. The van der Waals surface area contributed by atoms with Crippen molar-refractivity contribution >= 4 is 33.5 Å². The molecule has 1 aliphatic heterocycles. The quantitative estimate of drug-likeness (QED) is 0.339. The molecule has 2 aromatic rings. The molecular weight excluding hydrogens is 547 g/mol. The monoisotopic (exact) mass is 576 g/mol. The minimum atomic E-state index is -4.39. The van der Waals surface area contributed by atoms with E-state index in [4.69, 9.17) is 0 Å². The van der Waals surface area contributed by atoms with Gasteiger partial charge in [-0.2, -0.15) is 4.31 Å². The highest BCUT2D eigenvalue weighted by Crippen LogP contribution is 2.30. The first kappa shape index (κ1) is 29.1. The van der Waals surface area contributed by atoms with E-state index in [2.05, 4.69) is 5.32 Å². The molecule has 2 aliphatic rings. The molecule has 14 heteroatoms. The van der Waals surface area contributed by atoms with Crippen molar-refractivity contribution in [2.24, 2.45) is 5.92 Å². The summed E-state index contributed by atoms with van der Waals surface area (Å²) in [6.07, 6.45) is 2.10. The van der Waals surface area contributed by atoms with Crippen LogP contribution in [0.1, 0.15) is 48.9 Å². The lowest BCUT2D eigenvalue weighted by Gasteiger charge is -2.34. The van der Waals surface area contributed by atoms with Crippen LogP contribution in [0.3, 0.4) is 0 Å². The summed E-state index contributed by atoms with van der Waals surface area (Å²) >= 11 is 0. The normalized spacial score (nSPS) is 19.2. The molecule has 2 aromatic carbocycles. The number of amides is 2. The summed E-state index contributed by atoms with van der Waals surface area (Å²) in [7, 11) is -4.39. The van der Waals surface area contributed by atoms with Gasteiger partial charge in [-0.05, 0) is 55.2 Å². The van der Waals surface area contributed by atoms with E-state index in [0.29, 0.717) is 12.8 Å². The van der Waals surface area contributed by atoms with E-state index in [1.54, 1.807) is 0 Å². The molecule has 0 bridgehead atoms. The molecule has 0 radical (unpaired) electrons. The van der Waals surface area contributed by atoms with Crippen molar-refractivity contribution in [3.05, 3.63) is 70.0 Å². The van der Waals surface area contributed by atoms with Gasteiger partial charge in [0.2, 0.25) is 10.0 Å². The Labute approximate surface area is 230 Å². The average Bonchev–Trinajstić information content (AvgIpc) is 3.39. The van der Waals surface area contributed by atoms with Crippen LogP contribution in [-0.2, 0) is 19.6 Å². The van der Waals surface area contributed by atoms with Crippen LogP contribution in [0.4, 0.5) is 10.1 Å². The molecule has 214 valence electrons. The number of rotatable bonds is 9. The number of nitro benzene ring substituents is 1. The number of halogens is 1. The molecule has 40 heavy (non-hydrogen) atoms. The van der Waals surface area contributed by atoms with Crippen molar-refractivity contribution < 1.29 is 37.2 Å². The molecule has 2 fully saturated rings. The minimum absolute atomic E-state index is 0.00111. The number of carbonyl (C=O) groups excluding carboxylic acids is 2. The van der Waals surface area contributed by atoms with E-state index in [-0.39, 0.29) is 41.6 Å². The van der Waals surface area contributed by atoms with Crippen LogP contribution in [-0.4, -0.2) is 70.7 Å². The van der Waals surface area contributed by atoms with E-state index >= 15 is 0 Å². The van der Waals surface area contributed by atoms with Gasteiger partial charge < -0.3 is 15.3 Å². The van der Waals surface area contributed by atoms with Crippen LogP contribution < -0.4 is 5.32 Å². The summed E-state index contributed by atoms with van der Waals surface area (Å²) in [5.41, 5.74) is -0.254. The highest BCUT2D eigenvalue weighted by Gasteiger charge is 2.47. The maximum Gasteiger partial charge on any atom is 0.305 e. The number of hydrogen-bond donors (Lipinski definition) is 2. The second-order valence-electron chi connectivity index (χ2n) is 9.86. The van der Waals surface area contributed by atoms with Gasteiger partial charge in [-0.15, -0.1) is 0 Å². The van der Waals surface area contributed by atoms with E-state index in [0.717, 1.165) is 64.9 Å². The van der Waals surface area contributed by atoms with Crippen molar-refractivity contribution in [1.29, 1.82) is 0 Å². The maximum absolute atomic E-state index is 13.8. The van der Waals surface area contributed by atoms with E-state index < -0.39 is 50.8 Å². The first-order valence-electron chi connectivity index (χ1n) is 12.8. The molecule has 2 amide bonds. The Balaban J connectivity index is 1.68. The summed E-state index contributed by atoms with van der Waals surface area (Å²) < 4.78 is 41.5. The number of benzene rings is 2. The van der Waals surface area contributed by atoms with Gasteiger partial charge >= 0.3 is 5.97 Å². The van der Waals surface area contributed by atoms with Gasteiger partial charge in [0.05, 0.1) is 16.2 Å². The van der Waals surface area contributed by atoms with E-state index in [1.165, 1.54) is 12.1 Å². The molecule has 1 saturated heterocycles. The summed E-state index contributed by atoms with van der Waals surface area (Å²) in [4.78, 5) is 50.0. The third-order valence-electron chi connectivity index (χ3n) is 7.31. The molecule has 2 atom stereocenters. The summed E-state index contributed by atoms with van der Waals surface area (Å²) in [5, 5.41) is 23.2. The lowest BCUT2D eigenvalue weighted by molar-refractivity contribution is -0.384. The van der Waals surface area contributed by atoms with Gasteiger partial charge in [0, 0.05) is 36.8 Å². The second-order valence-corrected chi connectivity index (χ2v) is 11.7. The van der Waals surface area contributed by atoms with Crippen LogP contribution in [0.25, 0.3) is 0 Å². The number of nitro groups is 1. The van der Waals surface area contributed by atoms with Crippen LogP contribution in [0, 0.1) is 21.8 Å². The summed E-state index contributed by atoms with van der Waals surface area (Å²) in [6.45, 7) is -0.440. The fourth-order valence-corrected chi connectivity index (χ4v) is 6.84. The zero-order chi connectivity index (χ0) is 29.0. The second kappa shape index (κ2) is 12.1. The van der Waals surface area contributed by atoms with Crippen LogP contribution in [0.5, 0.6) is 0 Å². The van der Waals surface area contributed by atoms with Crippen molar-refractivity contribution in [3.63, 3.8) is 0 Å². The number of nitrogens with zero attached hydrogens (tertiary/aromatic N) is 3. The lowest BCUT2D eigenvalue weighted by atomic mass is 9.82.